The first kappa shape index (κ1) is 21.3. The number of aryl methyl sites for hydroxylation is 2. The van der Waals surface area contributed by atoms with Crippen LogP contribution in [0.15, 0.2) is 66.2 Å². The SMILES string of the molecule is COc1ccc(/C=C2\CCc3ccccc3C2=O)cc1COc1ccc([N+](=O)[O-])c(C)c1. The summed E-state index contributed by atoms with van der Waals surface area (Å²) in [5.74, 6) is 1.28. The van der Waals surface area contributed by atoms with Gasteiger partial charge in [-0.2, -0.15) is 0 Å². The molecule has 0 amide bonds. The Morgan fingerprint density at radius 2 is 1.88 bits per heavy atom. The minimum atomic E-state index is -0.413. The van der Waals surface area contributed by atoms with Gasteiger partial charge in [-0.3, -0.25) is 14.9 Å². The van der Waals surface area contributed by atoms with Crippen LogP contribution in [0.1, 0.15) is 39.0 Å². The summed E-state index contributed by atoms with van der Waals surface area (Å²) in [4.78, 5) is 23.5. The number of ether oxygens (including phenoxy) is 2. The molecule has 162 valence electrons. The highest BCUT2D eigenvalue weighted by Crippen LogP contribution is 2.29. The first-order valence-corrected chi connectivity index (χ1v) is 10.3. The molecule has 0 saturated carbocycles. The largest absolute Gasteiger partial charge is 0.496 e. The molecular weight excluding hydrogens is 406 g/mol. The Kier molecular flexibility index (Phi) is 6.03. The summed E-state index contributed by atoms with van der Waals surface area (Å²) in [6, 6.07) is 18.1. The van der Waals surface area contributed by atoms with E-state index in [2.05, 4.69) is 0 Å². The van der Waals surface area contributed by atoms with E-state index in [1.807, 2.05) is 48.5 Å². The molecule has 0 bridgehead atoms. The summed E-state index contributed by atoms with van der Waals surface area (Å²) in [6.07, 6.45) is 3.48. The van der Waals surface area contributed by atoms with Crippen LogP contribution in [0.4, 0.5) is 5.69 Å². The zero-order valence-corrected chi connectivity index (χ0v) is 18.0. The minimum absolute atomic E-state index is 0.0577. The highest BCUT2D eigenvalue weighted by Gasteiger charge is 2.21. The first-order chi connectivity index (χ1) is 15.5. The van der Waals surface area contributed by atoms with Crippen LogP contribution in [0.5, 0.6) is 11.5 Å². The van der Waals surface area contributed by atoms with Crippen molar-refractivity contribution in [3.63, 3.8) is 0 Å². The minimum Gasteiger partial charge on any atom is -0.496 e. The lowest BCUT2D eigenvalue weighted by molar-refractivity contribution is -0.385. The van der Waals surface area contributed by atoms with E-state index in [0.717, 1.165) is 34.2 Å². The van der Waals surface area contributed by atoms with Gasteiger partial charge >= 0.3 is 0 Å². The number of carbonyl (C=O) groups excluding carboxylic acids is 1. The van der Waals surface area contributed by atoms with Gasteiger partial charge in [-0.15, -0.1) is 0 Å². The molecule has 3 aromatic carbocycles. The number of hydrogen-bond acceptors (Lipinski definition) is 5. The summed E-state index contributed by atoms with van der Waals surface area (Å²) < 4.78 is 11.3. The summed E-state index contributed by atoms with van der Waals surface area (Å²) >= 11 is 0. The molecule has 0 N–H and O–H groups in total. The molecule has 32 heavy (non-hydrogen) atoms. The van der Waals surface area contributed by atoms with E-state index >= 15 is 0 Å². The van der Waals surface area contributed by atoms with Crippen molar-refractivity contribution in [3.8, 4) is 11.5 Å². The molecule has 4 rings (SSSR count). The Morgan fingerprint density at radius 1 is 1.06 bits per heavy atom. The van der Waals surface area contributed by atoms with Gasteiger partial charge in [-0.25, -0.2) is 0 Å². The molecule has 0 fully saturated rings. The zero-order valence-electron chi connectivity index (χ0n) is 18.0. The molecule has 0 radical (unpaired) electrons. The summed E-state index contributed by atoms with van der Waals surface area (Å²) in [5, 5.41) is 11.0. The van der Waals surface area contributed by atoms with Crippen molar-refractivity contribution in [1.29, 1.82) is 0 Å². The summed E-state index contributed by atoms with van der Waals surface area (Å²) in [7, 11) is 1.59. The number of methoxy groups -OCH3 is 1. The average Bonchev–Trinajstić information content (AvgIpc) is 2.79. The van der Waals surface area contributed by atoms with Crippen molar-refractivity contribution < 1.29 is 19.2 Å². The van der Waals surface area contributed by atoms with E-state index in [1.54, 1.807) is 26.2 Å². The standard InChI is InChI=1S/C26H23NO5/c1-17-13-22(10-11-24(17)27(29)30)32-16-21-15-18(7-12-25(21)31-2)14-20-9-8-19-5-3-4-6-23(19)26(20)28/h3-7,10-15H,8-9,16H2,1-2H3/b20-14+. The van der Waals surface area contributed by atoms with Crippen LogP contribution in [0.25, 0.3) is 6.08 Å². The maximum Gasteiger partial charge on any atom is 0.272 e. The van der Waals surface area contributed by atoms with Gasteiger partial charge < -0.3 is 9.47 Å². The molecule has 1 aliphatic carbocycles. The molecule has 0 aromatic heterocycles. The fourth-order valence-electron chi connectivity index (χ4n) is 3.94. The molecular formula is C26H23NO5. The van der Waals surface area contributed by atoms with Crippen molar-refractivity contribution in [3.05, 3.63) is 104 Å². The zero-order chi connectivity index (χ0) is 22.7. The van der Waals surface area contributed by atoms with Crippen LogP contribution in [-0.4, -0.2) is 17.8 Å². The average molecular weight is 429 g/mol. The van der Waals surface area contributed by atoms with Gasteiger partial charge in [0.15, 0.2) is 5.78 Å². The number of nitrogens with zero attached hydrogens (tertiary/aromatic N) is 1. The molecule has 6 nitrogen and oxygen atoms in total. The second-order valence-corrected chi connectivity index (χ2v) is 7.72. The Balaban J connectivity index is 1.56. The number of benzene rings is 3. The third-order valence-corrected chi connectivity index (χ3v) is 5.62. The lowest BCUT2D eigenvalue weighted by Gasteiger charge is -2.17. The van der Waals surface area contributed by atoms with Gasteiger partial charge in [0.1, 0.15) is 18.1 Å². The number of nitro groups is 1. The van der Waals surface area contributed by atoms with E-state index < -0.39 is 4.92 Å². The van der Waals surface area contributed by atoms with E-state index in [9.17, 15) is 14.9 Å². The number of ketones is 1. The van der Waals surface area contributed by atoms with E-state index in [1.165, 1.54) is 6.07 Å². The van der Waals surface area contributed by atoms with Crippen LogP contribution in [0, 0.1) is 17.0 Å². The molecule has 1 aliphatic rings. The van der Waals surface area contributed by atoms with Crippen molar-refractivity contribution >= 4 is 17.5 Å². The lowest BCUT2D eigenvalue weighted by Crippen LogP contribution is -2.13. The van der Waals surface area contributed by atoms with E-state index in [0.29, 0.717) is 23.5 Å². The molecule has 0 spiro atoms. The lowest BCUT2D eigenvalue weighted by atomic mass is 9.86. The van der Waals surface area contributed by atoms with Gasteiger partial charge in [0.2, 0.25) is 0 Å². The topological polar surface area (TPSA) is 78.7 Å². The van der Waals surface area contributed by atoms with Gasteiger partial charge in [0.05, 0.1) is 12.0 Å². The molecule has 6 heteroatoms. The predicted molar refractivity (Wildman–Crippen MR) is 122 cm³/mol. The predicted octanol–water partition coefficient (Wildman–Crippen LogP) is 5.70. The second-order valence-electron chi connectivity index (χ2n) is 7.72. The first-order valence-electron chi connectivity index (χ1n) is 10.3. The molecule has 0 unspecified atom stereocenters. The Bertz CT molecular complexity index is 1230. The second kappa shape index (κ2) is 9.06. The highest BCUT2D eigenvalue weighted by atomic mass is 16.6. The quantitative estimate of drug-likeness (QED) is 0.285. The molecule has 0 aliphatic heterocycles. The highest BCUT2D eigenvalue weighted by molar-refractivity contribution is 6.13. The number of nitro benzene ring substituents is 1. The normalized spacial score (nSPS) is 14.2. The van der Waals surface area contributed by atoms with Gasteiger partial charge in [0.25, 0.3) is 5.69 Å². The Labute approximate surface area is 186 Å². The van der Waals surface area contributed by atoms with Crippen molar-refractivity contribution in [1.82, 2.24) is 0 Å². The fraction of sp³-hybridized carbons (Fsp3) is 0.192. The van der Waals surface area contributed by atoms with E-state index in [-0.39, 0.29) is 18.1 Å². The molecule has 0 atom stereocenters. The van der Waals surface area contributed by atoms with Gasteiger partial charge in [0, 0.05) is 28.3 Å². The molecule has 0 heterocycles. The van der Waals surface area contributed by atoms with Crippen molar-refractivity contribution in [2.75, 3.05) is 7.11 Å². The number of fused-ring (bicyclic) bond motifs is 1. The van der Waals surface area contributed by atoms with Crippen molar-refractivity contribution in [2.45, 2.75) is 26.4 Å². The van der Waals surface area contributed by atoms with Gasteiger partial charge in [-0.05, 0) is 61.2 Å². The maximum atomic E-state index is 12.9. The number of rotatable bonds is 6. The number of hydrogen-bond donors (Lipinski definition) is 0. The summed E-state index contributed by atoms with van der Waals surface area (Å²) in [5.41, 5.74) is 4.96. The van der Waals surface area contributed by atoms with Crippen LogP contribution in [0.2, 0.25) is 0 Å². The smallest absolute Gasteiger partial charge is 0.272 e. The summed E-state index contributed by atoms with van der Waals surface area (Å²) in [6.45, 7) is 1.91. The third-order valence-electron chi connectivity index (χ3n) is 5.62. The number of carbonyl (C=O) groups is 1. The molecule has 0 saturated heterocycles. The Morgan fingerprint density at radius 3 is 2.62 bits per heavy atom. The van der Waals surface area contributed by atoms with Crippen LogP contribution in [-0.2, 0) is 13.0 Å². The van der Waals surface area contributed by atoms with Crippen LogP contribution < -0.4 is 9.47 Å². The van der Waals surface area contributed by atoms with E-state index in [4.69, 9.17) is 9.47 Å². The van der Waals surface area contributed by atoms with Gasteiger partial charge in [-0.1, -0.05) is 30.3 Å². The van der Waals surface area contributed by atoms with Crippen molar-refractivity contribution in [2.24, 2.45) is 0 Å². The monoisotopic (exact) mass is 429 g/mol. The fourth-order valence-corrected chi connectivity index (χ4v) is 3.94. The number of allylic oxidation sites excluding steroid dienone is 1. The third kappa shape index (κ3) is 4.39. The Hall–Kier alpha value is -3.93. The maximum absolute atomic E-state index is 12.9. The number of Topliss-reactive ketones (excluding diaryl/α,β-unsaturated/α-hetero) is 1. The molecule has 3 aromatic rings. The van der Waals surface area contributed by atoms with Crippen LogP contribution >= 0.6 is 0 Å². The van der Waals surface area contributed by atoms with Crippen LogP contribution in [0.3, 0.4) is 0 Å².